The van der Waals surface area contributed by atoms with Gasteiger partial charge in [-0.15, -0.1) is 11.3 Å². The number of Topliss-reactive ketones (excluding diaryl/α,β-unsaturated/α-hetero) is 1. The van der Waals surface area contributed by atoms with Gasteiger partial charge in [0.1, 0.15) is 5.01 Å². The van der Waals surface area contributed by atoms with E-state index in [1.807, 2.05) is 19.1 Å². The van der Waals surface area contributed by atoms with Crippen LogP contribution in [0.1, 0.15) is 24.4 Å². The summed E-state index contributed by atoms with van der Waals surface area (Å²) in [5, 5.41) is 0.787. The maximum absolute atomic E-state index is 12.2. The second kappa shape index (κ2) is 6.76. The predicted octanol–water partition coefficient (Wildman–Crippen LogP) is 2.16. The molecule has 1 amide bonds. The molecule has 0 aliphatic rings. The first-order valence-electron chi connectivity index (χ1n) is 7.56. The highest BCUT2D eigenvalue weighted by Gasteiger charge is 2.29. The molecule has 0 saturated carbocycles. The van der Waals surface area contributed by atoms with Crippen molar-refractivity contribution in [2.45, 2.75) is 27.2 Å². The monoisotopic (exact) mass is 333 g/mol. The van der Waals surface area contributed by atoms with Crippen molar-refractivity contribution in [2.24, 2.45) is 11.1 Å². The van der Waals surface area contributed by atoms with Crippen molar-refractivity contribution in [1.29, 1.82) is 0 Å². The SMILES string of the molecule is Cc1ccc2nc(CC(=O)CN(C)C(=O)C(C)(C)CN)sc2c1. The third kappa shape index (κ3) is 4.14. The lowest BCUT2D eigenvalue weighted by Crippen LogP contribution is -2.44. The molecule has 1 aromatic heterocycles. The Hall–Kier alpha value is -1.79. The van der Waals surface area contributed by atoms with E-state index >= 15 is 0 Å². The maximum Gasteiger partial charge on any atom is 0.229 e. The Labute approximate surface area is 140 Å². The Morgan fingerprint density at radius 2 is 2.04 bits per heavy atom. The first-order chi connectivity index (χ1) is 10.7. The summed E-state index contributed by atoms with van der Waals surface area (Å²) in [6, 6.07) is 6.05. The topological polar surface area (TPSA) is 76.3 Å². The van der Waals surface area contributed by atoms with Crippen LogP contribution >= 0.6 is 11.3 Å². The van der Waals surface area contributed by atoms with E-state index in [2.05, 4.69) is 11.1 Å². The molecule has 0 aliphatic carbocycles. The fourth-order valence-corrected chi connectivity index (χ4v) is 3.41. The Morgan fingerprint density at radius 3 is 2.70 bits per heavy atom. The summed E-state index contributed by atoms with van der Waals surface area (Å²) in [4.78, 5) is 30.4. The van der Waals surface area contributed by atoms with E-state index in [0.717, 1.165) is 15.2 Å². The molecule has 1 aromatic carbocycles. The second-order valence-electron chi connectivity index (χ2n) is 6.54. The number of aromatic nitrogens is 1. The van der Waals surface area contributed by atoms with Gasteiger partial charge in [-0.2, -0.15) is 0 Å². The van der Waals surface area contributed by atoms with Gasteiger partial charge < -0.3 is 10.6 Å². The first-order valence-corrected chi connectivity index (χ1v) is 8.38. The number of hydrogen-bond donors (Lipinski definition) is 1. The molecule has 0 spiro atoms. The summed E-state index contributed by atoms with van der Waals surface area (Å²) in [5.41, 5.74) is 7.05. The number of ketones is 1. The van der Waals surface area contributed by atoms with Crippen molar-refractivity contribution in [1.82, 2.24) is 9.88 Å². The van der Waals surface area contributed by atoms with Gasteiger partial charge in [0.25, 0.3) is 0 Å². The minimum absolute atomic E-state index is 0.0237. The third-order valence-electron chi connectivity index (χ3n) is 3.79. The van der Waals surface area contributed by atoms with Crippen LogP contribution in [-0.2, 0) is 16.0 Å². The molecule has 0 aliphatic heterocycles. The lowest BCUT2D eigenvalue weighted by atomic mass is 9.92. The highest BCUT2D eigenvalue weighted by atomic mass is 32.1. The third-order valence-corrected chi connectivity index (χ3v) is 4.80. The summed E-state index contributed by atoms with van der Waals surface area (Å²) in [6.45, 7) is 5.93. The number of hydrogen-bond acceptors (Lipinski definition) is 5. The molecule has 0 unspecified atom stereocenters. The van der Waals surface area contributed by atoms with Crippen molar-refractivity contribution in [3.8, 4) is 0 Å². The molecule has 0 saturated heterocycles. The van der Waals surface area contributed by atoms with Crippen LogP contribution in [0.15, 0.2) is 18.2 Å². The number of fused-ring (bicyclic) bond motifs is 1. The summed E-state index contributed by atoms with van der Waals surface area (Å²) >= 11 is 1.53. The summed E-state index contributed by atoms with van der Waals surface area (Å²) in [5.74, 6) is -0.141. The van der Waals surface area contributed by atoms with Crippen LogP contribution < -0.4 is 5.73 Å². The fourth-order valence-electron chi connectivity index (χ4n) is 2.32. The van der Waals surface area contributed by atoms with Crippen molar-refractivity contribution in [2.75, 3.05) is 20.1 Å². The standard InChI is InChI=1S/C17H23N3O2S/c1-11-5-6-13-14(7-11)23-15(19-13)8-12(21)9-20(4)16(22)17(2,3)10-18/h5-7H,8-10,18H2,1-4H3. The molecular formula is C17H23N3O2S. The van der Waals surface area contributed by atoms with Gasteiger partial charge in [-0.1, -0.05) is 6.07 Å². The van der Waals surface area contributed by atoms with Gasteiger partial charge in [0.15, 0.2) is 5.78 Å². The number of carbonyl (C=O) groups excluding carboxylic acids is 2. The molecule has 0 atom stereocenters. The van der Waals surface area contributed by atoms with Crippen LogP contribution in [-0.4, -0.2) is 41.7 Å². The lowest BCUT2D eigenvalue weighted by Gasteiger charge is -2.27. The number of carbonyl (C=O) groups is 2. The minimum Gasteiger partial charge on any atom is -0.338 e. The van der Waals surface area contributed by atoms with E-state index in [1.165, 1.54) is 21.8 Å². The van der Waals surface area contributed by atoms with Crippen LogP contribution in [0.3, 0.4) is 0 Å². The molecule has 2 aromatic rings. The zero-order valence-corrected chi connectivity index (χ0v) is 14.9. The van der Waals surface area contributed by atoms with E-state index in [9.17, 15) is 9.59 Å². The Morgan fingerprint density at radius 1 is 1.35 bits per heavy atom. The van der Waals surface area contributed by atoms with Gasteiger partial charge in [0.2, 0.25) is 5.91 Å². The Bertz CT molecular complexity index is 737. The van der Waals surface area contributed by atoms with Crippen LogP contribution in [0.4, 0.5) is 0 Å². The normalized spacial score (nSPS) is 11.7. The van der Waals surface area contributed by atoms with E-state index in [0.29, 0.717) is 0 Å². The van der Waals surface area contributed by atoms with E-state index < -0.39 is 5.41 Å². The van der Waals surface area contributed by atoms with Gasteiger partial charge in [-0.3, -0.25) is 9.59 Å². The summed E-state index contributed by atoms with van der Waals surface area (Å²) in [7, 11) is 1.64. The van der Waals surface area contributed by atoms with Crippen molar-refractivity contribution < 1.29 is 9.59 Å². The van der Waals surface area contributed by atoms with Crippen molar-refractivity contribution in [3.63, 3.8) is 0 Å². The van der Waals surface area contributed by atoms with E-state index in [1.54, 1.807) is 20.9 Å². The first kappa shape index (κ1) is 17.6. The van der Waals surface area contributed by atoms with Crippen molar-refractivity contribution in [3.05, 3.63) is 28.8 Å². The smallest absolute Gasteiger partial charge is 0.229 e. The summed E-state index contributed by atoms with van der Waals surface area (Å²) < 4.78 is 1.08. The average molecular weight is 333 g/mol. The van der Waals surface area contributed by atoms with Crippen LogP contribution in [0.5, 0.6) is 0 Å². The number of thiazole rings is 1. The van der Waals surface area contributed by atoms with Crippen LogP contribution in [0, 0.1) is 12.3 Å². The second-order valence-corrected chi connectivity index (χ2v) is 7.66. The zero-order chi connectivity index (χ0) is 17.2. The van der Waals surface area contributed by atoms with E-state index in [-0.39, 0.29) is 31.2 Å². The Kier molecular flexibility index (Phi) is 5.16. The lowest BCUT2D eigenvalue weighted by molar-refractivity contribution is -0.141. The number of nitrogens with zero attached hydrogens (tertiary/aromatic N) is 2. The van der Waals surface area contributed by atoms with Gasteiger partial charge in [0, 0.05) is 13.6 Å². The fraction of sp³-hybridized carbons (Fsp3) is 0.471. The van der Waals surface area contributed by atoms with Gasteiger partial charge in [-0.25, -0.2) is 4.98 Å². The molecule has 0 bridgehead atoms. The molecule has 23 heavy (non-hydrogen) atoms. The summed E-state index contributed by atoms with van der Waals surface area (Å²) in [6.07, 6.45) is 0.249. The number of aryl methyl sites for hydroxylation is 1. The highest BCUT2D eigenvalue weighted by molar-refractivity contribution is 7.18. The van der Waals surface area contributed by atoms with E-state index in [4.69, 9.17) is 5.73 Å². The number of nitrogens with two attached hydrogens (primary N) is 1. The van der Waals surface area contributed by atoms with Gasteiger partial charge >= 0.3 is 0 Å². The number of rotatable bonds is 6. The minimum atomic E-state index is -0.650. The molecule has 6 heteroatoms. The largest absolute Gasteiger partial charge is 0.338 e. The maximum atomic E-state index is 12.2. The Balaban J connectivity index is 2.02. The molecule has 2 N–H and O–H groups in total. The molecule has 5 nitrogen and oxygen atoms in total. The highest BCUT2D eigenvalue weighted by Crippen LogP contribution is 2.23. The number of likely N-dealkylation sites (N-methyl/N-ethyl adjacent to an activating group) is 1. The quantitative estimate of drug-likeness (QED) is 0.879. The van der Waals surface area contributed by atoms with Gasteiger partial charge in [-0.05, 0) is 38.5 Å². The number of amides is 1. The van der Waals surface area contributed by atoms with Crippen LogP contribution in [0.2, 0.25) is 0 Å². The average Bonchev–Trinajstić information content (AvgIpc) is 2.87. The number of benzene rings is 1. The van der Waals surface area contributed by atoms with Crippen molar-refractivity contribution >= 4 is 33.2 Å². The molecular weight excluding hydrogens is 310 g/mol. The molecule has 2 rings (SSSR count). The predicted molar refractivity (Wildman–Crippen MR) is 93.5 cm³/mol. The zero-order valence-electron chi connectivity index (χ0n) is 14.0. The molecule has 0 fully saturated rings. The van der Waals surface area contributed by atoms with Crippen LogP contribution in [0.25, 0.3) is 10.2 Å². The molecule has 0 radical (unpaired) electrons. The van der Waals surface area contributed by atoms with Gasteiger partial charge in [0.05, 0.1) is 28.6 Å². The molecule has 1 heterocycles. The molecule has 124 valence electrons.